The van der Waals surface area contributed by atoms with Crippen molar-refractivity contribution in [3.63, 3.8) is 0 Å². The Labute approximate surface area is 261 Å². The van der Waals surface area contributed by atoms with Gasteiger partial charge in [-0.05, 0) is 34.1 Å². The number of nitrogens with zero attached hydrogens (tertiary/aromatic N) is 4. The number of fused-ring (bicyclic) bond motifs is 3. The van der Waals surface area contributed by atoms with Crippen LogP contribution in [0.3, 0.4) is 0 Å². The lowest BCUT2D eigenvalue weighted by Crippen LogP contribution is -2.74. The van der Waals surface area contributed by atoms with Crippen LogP contribution in [0, 0.1) is 0 Å². The first-order valence-corrected chi connectivity index (χ1v) is 15.4. The van der Waals surface area contributed by atoms with E-state index in [0.29, 0.717) is 31.3 Å². The molecule has 2 aliphatic heterocycles. The number of rotatable bonds is 9. The van der Waals surface area contributed by atoms with Crippen molar-refractivity contribution >= 4 is 64.3 Å². The van der Waals surface area contributed by atoms with Crippen LogP contribution in [0.1, 0.15) is 16.1 Å². The fourth-order valence-electron chi connectivity index (χ4n) is 5.98. The van der Waals surface area contributed by atoms with Crippen LogP contribution in [-0.4, -0.2) is 115 Å². The molecule has 0 saturated carbocycles. The average Bonchev–Trinajstić information content (AvgIpc) is 3.67. The lowest BCUT2D eigenvalue weighted by molar-refractivity contribution is -0.159. The Morgan fingerprint density at radius 3 is 2.49 bits per heavy atom. The Morgan fingerprint density at radius 1 is 1.16 bits per heavy atom. The van der Waals surface area contributed by atoms with E-state index in [9.17, 15) is 4.79 Å². The van der Waals surface area contributed by atoms with Crippen LogP contribution in [0.25, 0.3) is 28.1 Å². The molecule has 1 saturated heterocycles. The maximum Gasteiger partial charge on any atom is 0.274 e. The Kier molecular flexibility index (Phi) is 7.46. The van der Waals surface area contributed by atoms with Crippen LogP contribution in [-0.2, 0) is 23.1 Å². The van der Waals surface area contributed by atoms with Gasteiger partial charge in [0.15, 0.2) is 5.69 Å². The summed E-state index contributed by atoms with van der Waals surface area (Å²) < 4.78 is 28.0. The number of carbonyl (C=O) groups is 1. The lowest BCUT2D eigenvalue weighted by atomic mass is 9.47. The van der Waals surface area contributed by atoms with Crippen molar-refractivity contribution < 1.29 is 23.7 Å². The van der Waals surface area contributed by atoms with Crippen molar-refractivity contribution in [3.8, 4) is 39.6 Å². The molecule has 9 nitrogen and oxygen atoms in total. The van der Waals surface area contributed by atoms with E-state index in [1.54, 1.807) is 18.4 Å². The highest BCUT2D eigenvalue weighted by molar-refractivity contribution is 7.08. The average molecular weight is 592 g/mol. The fourth-order valence-corrected chi connectivity index (χ4v) is 6.59. The van der Waals surface area contributed by atoms with Crippen molar-refractivity contribution in [3.05, 3.63) is 58.7 Å². The van der Waals surface area contributed by atoms with Crippen molar-refractivity contribution in [2.24, 2.45) is 7.05 Å². The van der Waals surface area contributed by atoms with E-state index in [0.717, 1.165) is 39.4 Å². The molecule has 0 aliphatic carbocycles. The Morgan fingerprint density at radius 2 is 1.93 bits per heavy atom. The molecule has 16 heteroatoms. The number of thiophene rings is 1. The minimum Gasteiger partial charge on any atom is -0.496 e. The second-order valence-electron chi connectivity index (χ2n) is 13.4. The standard InChI is InChI=1S/C27H34B6N4O5S/c1-35-5-3-15(9-35)17-7-18-21(8-20(17)39-2)41-10-19-22(34-36(23(18)19)16-4-6-43-11-16)24(38)37(26(28,29)30)25(12-40-13-25)14-42-27(31,32)33/h3-9,11H,10,12-14,28-33H2,1-2H3. The lowest BCUT2D eigenvalue weighted by Gasteiger charge is -2.55. The van der Waals surface area contributed by atoms with E-state index in [1.807, 2.05) is 73.8 Å². The molecular formula is C27H34B6N4O5S. The van der Waals surface area contributed by atoms with Gasteiger partial charge in [-0.2, -0.15) is 16.4 Å². The normalized spacial score (nSPS) is 15.6. The number of aryl methyl sites for hydroxylation is 1. The van der Waals surface area contributed by atoms with Crippen LogP contribution in [0.15, 0.2) is 47.4 Å². The first-order valence-electron chi connectivity index (χ1n) is 14.5. The summed E-state index contributed by atoms with van der Waals surface area (Å²) in [7, 11) is 15.9. The van der Waals surface area contributed by atoms with Crippen LogP contribution >= 0.6 is 11.3 Å². The summed E-state index contributed by atoms with van der Waals surface area (Å²) in [4.78, 5) is 16.7. The molecule has 0 atom stereocenters. The molecule has 6 rings (SSSR count). The van der Waals surface area contributed by atoms with E-state index in [4.69, 9.17) is 24.0 Å². The summed E-state index contributed by atoms with van der Waals surface area (Å²) in [6.45, 7) is 1.38. The van der Waals surface area contributed by atoms with Gasteiger partial charge in [0.2, 0.25) is 0 Å². The number of amides is 1. The smallest absolute Gasteiger partial charge is 0.274 e. The van der Waals surface area contributed by atoms with Gasteiger partial charge in [-0.1, -0.05) is 0 Å². The van der Waals surface area contributed by atoms with E-state index < -0.39 is 10.8 Å². The van der Waals surface area contributed by atoms with Gasteiger partial charge in [-0.15, -0.1) is 0 Å². The fraction of sp³-hybridized carbons (Fsp3) is 0.333. The minimum absolute atomic E-state index is 0.164. The number of methoxy groups -OCH3 is 1. The zero-order valence-corrected chi connectivity index (χ0v) is 27.0. The largest absolute Gasteiger partial charge is 0.496 e. The third-order valence-electron chi connectivity index (χ3n) is 7.87. The third kappa shape index (κ3) is 5.38. The molecule has 1 amide bonds. The van der Waals surface area contributed by atoms with Crippen molar-refractivity contribution in [2.45, 2.75) is 22.7 Å². The highest BCUT2D eigenvalue weighted by atomic mass is 32.1. The van der Waals surface area contributed by atoms with Gasteiger partial charge in [0.25, 0.3) is 5.91 Å². The number of carbonyl (C=O) groups excluding carboxylic acids is 1. The summed E-state index contributed by atoms with van der Waals surface area (Å²) in [6.07, 6.45) is 4.06. The monoisotopic (exact) mass is 592 g/mol. The topological polar surface area (TPSA) is 80.0 Å². The molecule has 0 spiro atoms. The predicted octanol–water partition coefficient (Wildman–Crippen LogP) is -2.24. The predicted molar refractivity (Wildman–Crippen MR) is 185 cm³/mol. The molecule has 1 aromatic carbocycles. The summed E-state index contributed by atoms with van der Waals surface area (Å²) in [6, 6.07) is 8.09. The zero-order chi connectivity index (χ0) is 30.7. The number of hydrogen-bond donors (Lipinski definition) is 0. The highest BCUT2D eigenvalue weighted by Crippen LogP contribution is 2.46. The van der Waals surface area contributed by atoms with Crippen molar-refractivity contribution in [1.29, 1.82) is 0 Å². The van der Waals surface area contributed by atoms with Gasteiger partial charge in [-0.3, -0.25) is 4.79 Å². The summed E-state index contributed by atoms with van der Waals surface area (Å²) in [5.74, 6) is 1.24. The molecule has 4 aromatic rings. The van der Waals surface area contributed by atoms with E-state index >= 15 is 0 Å². The number of benzene rings is 1. The van der Waals surface area contributed by atoms with Gasteiger partial charge < -0.3 is 28.4 Å². The number of ether oxygens (including phenoxy) is 4. The second kappa shape index (κ2) is 10.7. The highest BCUT2D eigenvalue weighted by Gasteiger charge is 2.52. The molecule has 1 fully saturated rings. The van der Waals surface area contributed by atoms with Gasteiger partial charge in [0.05, 0.1) is 38.3 Å². The van der Waals surface area contributed by atoms with Crippen LogP contribution in [0.4, 0.5) is 0 Å². The quantitative estimate of drug-likeness (QED) is 0.205. The second-order valence-corrected chi connectivity index (χ2v) is 14.2. The van der Waals surface area contributed by atoms with E-state index in [1.165, 1.54) is 0 Å². The Balaban J connectivity index is 1.52. The molecule has 0 N–H and O–H groups in total. The van der Waals surface area contributed by atoms with Crippen molar-refractivity contribution in [2.75, 3.05) is 26.9 Å². The SMILES string of the molecule is BC(B)(B)OCC1(N(C(=O)c2nn(-c3ccsc3)c3c2COc2cc(OC)c(-c4ccn(C)c4)cc2-3)C(B)(B)B)COC1. The summed E-state index contributed by atoms with van der Waals surface area (Å²) in [5.41, 5.74) is 5.09. The Bertz CT molecular complexity index is 1670. The third-order valence-corrected chi connectivity index (χ3v) is 8.54. The van der Waals surface area contributed by atoms with Gasteiger partial charge >= 0.3 is 0 Å². The molecule has 2 aliphatic rings. The molecule has 5 heterocycles. The molecule has 0 unspecified atom stereocenters. The van der Waals surface area contributed by atoms with Gasteiger partial charge in [0, 0.05) is 53.1 Å². The first kappa shape index (κ1) is 29.8. The minimum atomic E-state index is -0.608. The summed E-state index contributed by atoms with van der Waals surface area (Å²) >= 11 is 1.59. The van der Waals surface area contributed by atoms with E-state index in [-0.39, 0.29) is 17.8 Å². The van der Waals surface area contributed by atoms with Crippen molar-refractivity contribution in [1.82, 2.24) is 19.2 Å². The maximum atomic E-state index is 14.8. The van der Waals surface area contributed by atoms with Crippen LogP contribution < -0.4 is 9.47 Å². The zero-order valence-electron chi connectivity index (χ0n) is 26.2. The molecular weight excluding hydrogens is 557 g/mol. The summed E-state index contributed by atoms with van der Waals surface area (Å²) in [5, 5.41) is 8.20. The van der Waals surface area contributed by atoms with E-state index in [2.05, 4.69) is 41.9 Å². The van der Waals surface area contributed by atoms with Crippen LogP contribution in [0.5, 0.6) is 11.5 Å². The molecule has 3 aromatic heterocycles. The molecule has 43 heavy (non-hydrogen) atoms. The van der Waals surface area contributed by atoms with Crippen LogP contribution in [0.2, 0.25) is 0 Å². The molecule has 0 radical (unpaired) electrons. The maximum absolute atomic E-state index is 14.8. The van der Waals surface area contributed by atoms with Gasteiger partial charge in [-0.25, -0.2) is 4.68 Å². The number of hydrogen-bond acceptors (Lipinski definition) is 7. The molecule has 0 bridgehead atoms. The molecule has 216 valence electrons. The Hall–Kier alpha value is -3.21. The van der Waals surface area contributed by atoms with Gasteiger partial charge in [0.1, 0.15) is 70.7 Å². The first-order chi connectivity index (χ1) is 20.3. The number of aromatic nitrogens is 3.